The molecular formula is C15H14O2. The summed E-state index contributed by atoms with van der Waals surface area (Å²) in [4.78, 5) is 11.4. The van der Waals surface area contributed by atoms with E-state index in [1.165, 1.54) is 7.11 Å². The largest absolute Gasteiger partial charge is 0.469 e. The Bertz CT molecular complexity index is 457. The SMILES string of the molecule is C#CCC(CC#Cc1ccccc1)C(=O)OC. The molecule has 0 radical (unpaired) electrons. The molecule has 1 unspecified atom stereocenters. The summed E-state index contributed by atoms with van der Waals surface area (Å²) in [5.74, 6) is 7.77. The van der Waals surface area contributed by atoms with Crippen LogP contribution in [0.1, 0.15) is 18.4 Å². The summed E-state index contributed by atoms with van der Waals surface area (Å²) in [6, 6.07) is 9.61. The number of rotatable bonds is 3. The zero-order chi connectivity index (χ0) is 12.5. The molecule has 1 aromatic rings. The highest BCUT2D eigenvalue weighted by atomic mass is 16.5. The lowest BCUT2D eigenvalue weighted by Crippen LogP contribution is -2.15. The van der Waals surface area contributed by atoms with Gasteiger partial charge >= 0.3 is 5.97 Å². The monoisotopic (exact) mass is 226 g/mol. The van der Waals surface area contributed by atoms with E-state index >= 15 is 0 Å². The van der Waals surface area contributed by atoms with Gasteiger partial charge in [0.1, 0.15) is 0 Å². The molecular weight excluding hydrogens is 212 g/mol. The quantitative estimate of drug-likeness (QED) is 0.583. The predicted molar refractivity (Wildman–Crippen MR) is 66.9 cm³/mol. The lowest BCUT2D eigenvalue weighted by molar-refractivity contribution is -0.145. The lowest BCUT2D eigenvalue weighted by atomic mass is 10.0. The van der Waals surface area contributed by atoms with E-state index in [2.05, 4.69) is 22.5 Å². The van der Waals surface area contributed by atoms with Gasteiger partial charge in [0.25, 0.3) is 0 Å². The number of ether oxygens (including phenoxy) is 1. The smallest absolute Gasteiger partial charge is 0.310 e. The third-order valence-electron chi connectivity index (χ3n) is 2.25. The van der Waals surface area contributed by atoms with Crippen molar-refractivity contribution in [1.82, 2.24) is 0 Å². The minimum atomic E-state index is -0.332. The fourth-order valence-electron chi connectivity index (χ4n) is 1.35. The summed E-state index contributed by atoms with van der Waals surface area (Å²) in [6.07, 6.45) is 5.98. The molecule has 17 heavy (non-hydrogen) atoms. The van der Waals surface area contributed by atoms with Gasteiger partial charge < -0.3 is 4.74 Å². The van der Waals surface area contributed by atoms with Crippen molar-refractivity contribution in [3.63, 3.8) is 0 Å². The molecule has 0 saturated carbocycles. The number of hydrogen-bond donors (Lipinski definition) is 0. The van der Waals surface area contributed by atoms with Crippen molar-refractivity contribution in [1.29, 1.82) is 0 Å². The van der Waals surface area contributed by atoms with Crippen LogP contribution >= 0.6 is 0 Å². The second kappa shape index (κ2) is 7.14. The Labute approximate surface area is 102 Å². The molecule has 0 spiro atoms. The van der Waals surface area contributed by atoms with Crippen molar-refractivity contribution in [2.75, 3.05) is 7.11 Å². The topological polar surface area (TPSA) is 26.3 Å². The fourth-order valence-corrected chi connectivity index (χ4v) is 1.35. The zero-order valence-electron chi connectivity index (χ0n) is 9.77. The van der Waals surface area contributed by atoms with Gasteiger partial charge in [0, 0.05) is 18.4 Å². The molecule has 2 nitrogen and oxygen atoms in total. The van der Waals surface area contributed by atoms with E-state index in [9.17, 15) is 4.79 Å². The van der Waals surface area contributed by atoms with Crippen LogP contribution in [-0.4, -0.2) is 13.1 Å². The molecule has 86 valence electrons. The van der Waals surface area contributed by atoms with Crippen LogP contribution in [0.15, 0.2) is 30.3 Å². The third-order valence-corrected chi connectivity index (χ3v) is 2.25. The molecule has 0 aliphatic carbocycles. The van der Waals surface area contributed by atoms with Gasteiger partial charge in [-0.05, 0) is 12.1 Å². The maximum Gasteiger partial charge on any atom is 0.310 e. The lowest BCUT2D eigenvalue weighted by Gasteiger charge is -2.06. The first-order valence-corrected chi connectivity index (χ1v) is 5.33. The second-order valence-electron chi connectivity index (χ2n) is 3.50. The molecule has 0 heterocycles. The van der Waals surface area contributed by atoms with Crippen LogP contribution in [0, 0.1) is 30.1 Å². The van der Waals surface area contributed by atoms with Crippen molar-refractivity contribution in [3.05, 3.63) is 35.9 Å². The fraction of sp³-hybridized carbons (Fsp3) is 0.267. The average Bonchev–Trinajstić information content (AvgIpc) is 2.38. The second-order valence-corrected chi connectivity index (χ2v) is 3.50. The Balaban J connectivity index is 2.62. The van der Waals surface area contributed by atoms with Crippen LogP contribution in [0.3, 0.4) is 0 Å². The summed E-state index contributed by atoms with van der Waals surface area (Å²) in [7, 11) is 1.36. The highest BCUT2D eigenvalue weighted by Gasteiger charge is 2.16. The van der Waals surface area contributed by atoms with Gasteiger partial charge in [0.15, 0.2) is 0 Å². The average molecular weight is 226 g/mol. The van der Waals surface area contributed by atoms with Crippen LogP contribution in [0.25, 0.3) is 0 Å². The standard InChI is InChI=1S/C15H14O2/c1-3-8-14(15(16)17-2)12-7-11-13-9-5-4-6-10-13/h1,4-6,9-10,14H,8,12H2,2H3. The van der Waals surface area contributed by atoms with Crippen LogP contribution in [-0.2, 0) is 9.53 Å². The molecule has 0 aliphatic rings. The van der Waals surface area contributed by atoms with Crippen LogP contribution in [0.2, 0.25) is 0 Å². The van der Waals surface area contributed by atoms with Gasteiger partial charge in [-0.15, -0.1) is 12.3 Å². The van der Waals surface area contributed by atoms with Crippen molar-refractivity contribution in [2.45, 2.75) is 12.8 Å². The molecule has 2 heteroatoms. The van der Waals surface area contributed by atoms with Gasteiger partial charge in [-0.2, -0.15) is 0 Å². The Morgan fingerprint density at radius 1 is 1.35 bits per heavy atom. The van der Waals surface area contributed by atoms with E-state index in [0.29, 0.717) is 12.8 Å². The first-order valence-electron chi connectivity index (χ1n) is 5.33. The summed E-state index contributed by atoms with van der Waals surface area (Å²) in [5, 5.41) is 0. The number of carbonyl (C=O) groups is 1. The first-order chi connectivity index (χ1) is 8.27. The van der Waals surface area contributed by atoms with Crippen LogP contribution in [0.5, 0.6) is 0 Å². The maximum absolute atomic E-state index is 11.4. The number of carbonyl (C=O) groups excluding carboxylic acids is 1. The van der Waals surface area contributed by atoms with Gasteiger partial charge in [-0.25, -0.2) is 0 Å². The molecule has 0 amide bonds. The van der Waals surface area contributed by atoms with Gasteiger partial charge in [0.05, 0.1) is 13.0 Å². The van der Waals surface area contributed by atoms with E-state index in [1.54, 1.807) is 0 Å². The van der Waals surface area contributed by atoms with E-state index in [1.807, 2.05) is 30.3 Å². The minimum Gasteiger partial charge on any atom is -0.469 e. The highest BCUT2D eigenvalue weighted by molar-refractivity contribution is 5.73. The van der Waals surface area contributed by atoms with E-state index in [4.69, 9.17) is 6.42 Å². The van der Waals surface area contributed by atoms with Gasteiger partial charge in [0.2, 0.25) is 0 Å². The Morgan fingerprint density at radius 3 is 2.65 bits per heavy atom. The van der Waals surface area contributed by atoms with Crippen LogP contribution in [0.4, 0.5) is 0 Å². The van der Waals surface area contributed by atoms with Crippen molar-refractivity contribution in [2.24, 2.45) is 5.92 Å². The van der Waals surface area contributed by atoms with Crippen LogP contribution < -0.4 is 0 Å². The van der Waals surface area contributed by atoms with Gasteiger partial charge in [-0.3, -0.25) is 4.79 Å². The molecule has 1 rings (SSSR count). The summed E-state index contributed by atoms with van der Waals surface area (Å²) in [6.45, 7) is 0. The Kier molecular flexibility index (Phi) is 5.41. The molecule has 1 aromatic carbocycles. The number of benzene rings is 1. The number of terminal acetylenes is 1. The zero-order valence-corrected chi connectivity index (χ0v) is 9.77. The first kappa shape index (κ1) is 12.9. The molecule has 0 saturated heterocycles. The van der Waals surface area contributed by atoms with E-state index < -0.39 is 0 Å². The molecule has 0 aliphatic heterocycles. The van der Waals surface area contributed by atoms with Crippen molar-refractivity contribution >= 4 is 5.97 Å². The number of esters is 1. The molecule has 0 N–H and O–H groups in total. The summed E-state index contributed by atoms with van der Waals surface area (Å²) in [5.41, 5.74) is 0.928. The van der Waals surface area contributed by atoms with Crippen molar-refractivity contribution < 1.29 is 9.53 Å². The molecule has 0 fully saturated rings. The molecule has 0 aromatic heterocycles. The highest BCUT2D eigenvalue weighted by Crippen LogP contribution is 2.09. The molecule has 1 atom stereocenters. The van der Waals surface area contributed by atoms with Gasteiger partial charge in [-0.1, -0.05) is 30.0 Å². The van der Waals surface area contributed by atoms with Crippen molar-refractivity contribution in [3.8, 4) is 24.2 Å². The Hall–Kier alpha value is -2.19. The third kappa shape index (κ3) is 4.45. The van der Waals surface area contributed by atoms with E-state index in [0.717, 1.165) is 5.56 Å². The summed E-state index contributed by atoms with van der Waals surface area (Å²) < 4.78 is 4.67. The normalized spacial score (nSPS) is 10.6. The number of hydrogen-bond acceptors (Lipinski definition) is 2. The maximum atomic E-state index is 11.4. The van der Waals surface area contributed by atoms with E-state index in [-0.39, 0.29) is 11.9 Å². The predicted octanol–water partition coefficient (Wildman–Crippen LogP) is 2.24. The number of methoxy groups -OCH3 is 1. The minimum absolute atomic E-state index is 0.301. The summed E-state index contributed by atoms with van der Waals surface area (Å²) >= 11 is 0. The molecule has 0 bridgehead atoms. The Morgan fingerprint density at radius 2 is 2.06 bits per heavy atom.